The Bertz CT molecular complexity index is 825. The molecule has 0 unspecified atom stereocenters. The number of hydrogen-bond donors (Lipinski definition) is 2. The van der Waals surface area contributed by atoms with Crippen molar-refractivity contribution in [3.8, 4) is 11.5 Å². The fourth-order valence-corrected chi connectivity index (χ4v) is 2.97. The number of hydrogen-bond acceptors (Lipinski definition) is 4. The van der Waals surface area contributed by atoms with Crippen molar-refractivity contribution in [1.29, 1.82) is 0 Å². The molecule has 2 N–H and O–H groups in total. The molecule has 0 radical (unpaired) electrons. The third-order valence-electron chi connectivity index (χ3n) is 4.42. The van der Waals surface area contributed by atoms with Gasteiger partial charge in [0.15, 0.2) is 17.5 Å². The third-order valence-corrected chi connectivity index (χ3v) is 4.42. The van der Waals surface area contributed by atoms with Gasteiger partial charge in [0.1, 0.15) is 0 Å². The molecule has 142 valence electrons. The molecule has 0 aliphatic carbocycles. The van der Waals surface area contributed by atoms with Crippen molar-refractivity contribution in [2.24, 2.45) is 4.99 Å². The molecule has 0 saturated carbocycles. The first-order valence-corrected chi connectivity index (χ1v) is 8.92. The average molecular weight is 366 g/mol. The van der Waals surface area contributed by atoms with Gasteiger partial charge in [-0.15, -0.1) is 0 Å². The molecule has 2 aromatic carbocycles. The van der Waals surface area contributed by atoms with Crippen LogP contribution >= 0.6 is 0 Å². The number of anilines is 2. The fourth-order valence-electron chi connectivity index (χ4n) is 2.97. The standard InChI is InChI=1S/C21H26N4O2/c1-22-21(24-17-9-10-19(26-2)20(14-17)27-3)23-15-16-7-6-8-18(13-16)25-11-4-5-12-25/h4-10,13-14H,11-12,15H2,1-3H3,(H2,22,23,24). The number of guanidine groups is 1. The SMILES string of the molecule is CN=C(NCc1cccc(N2CC=CC2)c1)Nc1ccc(OC)c(OC)c1. The molecule has 6 heteroatoms. The van der Waals surface area contributed by atoms with E-state index in [2.05, 4.69) is 56.9 Å². The van der Waals surface area contributed by atoms with Crippen LogP contribution in [0.25, 0.3) is 0 Å². The molecule has 0 fully saturated rings. The average Bonchev–Trinajstić information content (AvgIpc) is 3.26. The Labute approximate surface area is 160 Å². The summed E-state index contributed by atoms with van der Waals surface area (Å²) in [4.78, 5) is 6.63. The first-order chi connectivity index (χ1) is 13.2. The number of nitrogens with one attached hydrogen (secondary N) is 2. The molecular formula is C21H26N4O2. The van der Waals surface area contributed by atoms with Crippen molar-refractivity contribution in [3.63, 3.8) is 0 Å². The molecule has 0 aromatic heterocycles. The van der Waals surface area contributed by atoms with Gasteiger partial charge in [0.2, 0.25) is 0 Å². The smallest absolute Gasteiger partial charge is 0.195 e. The second kappa shape index (κ2) is 8.98. The molecule has 1 heterocycles. The van der Waals surface area contributed by atoms with Gasteiger partial charge < -0.3 is 25.0 Å². The van der Waals surface area contributed by atoms with Gasteiger partial charge in [0.05, 0.1) is 14.2 Å². The highest BCUT2D eigenvalue weighted by Gasteiger charge is 2.09. The Kier molecular flexibility index (Phi) is 6.20. The van der Waals surface area contributed by atoms with Crippen LogP contribution in [-0.2, 0) is 6.54 Å². The first kappa shape index (κ1) is 18.6. The lowest BCUT2D eigenvalue weighted by molar-refractivity contribution is 0.355. The molecule has 0 amide bonds. The van der Waals surface area contributed by atoms with Crippen LogP contribution in [0.4, 0.5) is 11.4 Å². The number of benzene rings is 2. The van der Waals surface area contributed by atoms with Crippen LogP contribution in [0, 0.1) is 0 Å². The van der Waals surface area contributed by atoms with Crippen molar-refractivity contribution in [2.75, 3.05) is 44.6 Å². The van der Waals surface area contributed by atoms with Gasteiger partial charge in [-0.3, -0.25) is 4.99 Å². The van der Waals surface area contributed by atoms with E-state index in [1.54, 1.807) is 21.3 Å². The van der Waals surface area contributed by atoms with E-state index in [9.17, 15) is 0 Å². The molecule has 6 nitrogen and oxygen atoms in total. The van der Waals surface area contributed by atoms with Gasteiger partial charge in [-0.05, 0) is 29.8 Å². The topological polar surface area (TPSA) is 58.1 Å². The Morgan fingerprint density at radius 3 is 2.52 bits per heavy atom. The molecular weight excluding hydrogens is 340 g/mol. The van der Waals surface area contributed by atoms with Gasteiger partial charge in [-0.25, -0.2) is 0 Å². The minimum atomic E-state index is 0.671. The second-order valence-electron chi connectivity index (χ2n) is 6.17. The van der Waals surface area contributed by atoms with E-state index in [-0.39, 0.29) is 0 Å². The predicted octanol–water partition coefficient (Wildman–Crippen LogP) is 3.27. The number of nitrogens with zero attached hydrogens (tertiary/aromatic N) is 2. The van der Waals surface area contributed by atoms with Crippen molar-refractivity contribution in [1.82, 2.24) is 5.32 Å². The summed E-state index contributed by atoms with van der Waals surface area (Å²) in [6.45, 7) is 2.63. The maximum absolute atomic E-state index is 5.35. The van der Waals surface area contributed by atoms with E-state index in [0.717, 1.165) is 18.8 Å². The van der Waals surface area contributed by atoms with Crippen molar-refractivity contribution >= 4 is 17.3 Å². The van der Waals surface area contributed by atoms with Gasteiger partial charge >= 0.3 is 0 Å². The highest BCUT2D eigenvalue weighted by Crippen LogP contribution is 2.29. The molecule has 27 heavy (non-hydrogen) atoms. The summed E-state index contributed by atoms with van der Waals surface area (Å²) >= 11 is 0. The van der Waals surface area contributed by atoms with Crippen LogP contribution in [0.15, 0.2) is 59.6 Å². The lowest BCUT2D eigenvalue weighted by atomic mass is 10.2. The zero-order valence-electron chi connectivity index (χ0n) is 16.0. The highest BCUT2D eigenvalue weighted by molar-refractivity contribution is 5.93. The van der Waals surface area contributed by atoms with Crippen LogP contribution in [-0.4, -0.2) is 40.3 Å². The summed E-state index contributed by atoms with van der Waals surface area (Å²) in [5, 5.41) is 6.63. The lowest BCUT2D eigenvalue weighted by Crippen LogP contribution is -2.30. The van der Waals surface area contributed by atoms with Crippen molar-refractivity contribution in [2.45, 2.75) is 6.54 Å². The summed E-state index contributed by atoms with van der Waals surface area (Å²) in [5.41, 5.74) is 3.31. The van der Waals surface area contributed by atoms with Gasteiger partial charge in [0, 0.05) is 44.1 Å². The van der Waals surface area contributed by atoms with Crippen molar-refractivity contribution < 1.29 is 9.47 Å². The zero-order chi connectivity index (χ0) is 19.1. The number of methoxy groups -OCH3 is 2. The Balaban J connectivity index is 1.62. The first-order valence-electron chi connectivity index (χ1n) is 8.92. The Morgan fingerprint density at radius 2 is 1.81 bits per heavy atom. The minimum Gasteiger partial charge on any atom is -0.493 e. The molecule has 0 saturated heterocycles. The summed E-state index contributed by atoms with van der Waals surface area (Å²) in [7, 11) is 5.00. The van der Waals surface area contributed by atoms with Gasteiger partial charge in [-0.1, -0.05) is 24.3 Å². The number of ether oxygens (including phenoxy) is 2. The largest absolute Gasteiger partial charge is 0.493 e. The summed E-state index contributed by atoms with van der Waals surface area (Å²) in [5.74, 6) is 2.06. The van der Waals surface area contributed by atoms with Crippen LogP contribution in [0.1, 0.15) is 5.56 Å². The maximum atomic E-state index is 5.35. The molecule has 1 aliphatic heterocycles. The predicted molar refractivity (Wildman–Crippen MR) is 111 cm³/mol. The summed E-state index contributed by atoms with van der Waals surface area (Å²) in [6, 6.07) is 14.2. The number of rotatable bonds is 6. The third kappa shape index (κ3) is 4.73. The Hall–Kier alpha value is -3.15. The van der Waals surface area contributed by atoms with Crippen LogP contribution in [0.5, 0.6) is 11.5 Å². The maximum Gasteiger partial charge on any atom is 0.195 e. The summed E-state index contributed by atoms with van der Waals surface area (Å²) < 4.78 is 10.6. The zero-order valence-corrected chi connectivity index (χ0v) is 16.0. The van der Waals surface area contributed by atoms with Crippen molar-refractivity contribution in [3.05, 3.63) is 60.2 Å². The molecule has 0 atom stereocenters. The minimum absolute atomic E-state index is 0.671. The summed E-state index contributed by atoms with van der Waals surface area (Å²) in [6.07, 6.45) is 4.39. The molecule has 0 bridgehead atoms. The van der Waals surface area contributed by atoms with Gasteiger partial charge in [0.25, 0.3) is 0 Å². The Morgan fingerprint density at radius 1 is 1.04 bits per heavy atom. The second-order valence-corrected chi connectivity index (χ2v) is 6.17. The molecule has 1 aliphatic rings. The van der Waals surface area contributed by atoms with E-state index < -0.39 is 0 Å². The van der Waals surface area contributed by atoms with Crippen LogP contribution in [0.3, 0.4) is 0 Å². The van der Waals surface area contributed by atoms with E-state index in [4.69, 9.17) is 9.47 Å². The van der Waals surface area contributed by atoms with Crippen LogP contribution < -0.4 is 25.0 Å². The van der Waals surface area contributed by atoms with Crippen LogP contribution in [0.2, 0.25) is 0 Å². The molecule has 0 spiro atoms. The highest BCUT2D eigenvalue weighted by atomic mass is 16.5. The van der Waals surface area contributed by atoms with E-state index >= 15 is 0 Å². The molecule has 2 aromatic rings. The quantitative estimate of drug-likeness (QED) is 0.467. The lowest BCUT2D eigenvalue weighted by Gasteiger charge is -2.19. The fraction of sp³-hybridized carbons (Fsp3) is 0.286. The monoisotopic (exact) mass is 366 g/mol. The molecule has 3 rings (SSSR count). The normalized spacial score (nSPS) is 13.6. The van der Waals surface area contributed by atoms with E-state index in [1.165, 1.54) is 11.3 Å². The number of aliphatic imine (C=N–C) groups is 1. The van der Waals surface area contributed by atoms with E-state index in [0.29, 0.717) is 24.0 Å². The van der Waals surface area contributed by atoms with E-state index in [1.807, 2.05) is 18.2 Å². The van der Waals surface area contributed by atoms with Gasteiger partial charge in [-0.2, -0.15) is 0 Å².